The maximum absolute atomic E-state index is 12.7. The molecule has 6 aromatic carbocycles. The van der Waals surface area contributed by atoms with E-state index in [4.69, 9.17) is 41.4 Å². The van der Waals surface area contributed by atoms with Gasteiger partial charge in [0.25, 0.3) is 0 Å². The summed E-state index contributed by atoms with van der Waals surface area (Å²) in [5.41, 5.74) is 14.0. The minimum Gasteiger partial charge on any atom is -0.465 e. The third-order valence-corrected chi connectivity index (χ3v) is 28.2. The van der Waals surface area contributed by atoms with Crippen LogP contribution < -0.4 is 0 Å². The molecule has 0 aliphatic carbocycles. The van der Waals surface area contributed by atoms with Crippen molar-refractivity contribution in [2.24, 2.45) is 41.4 Å². The highest BCUT2D eigenvalue weighted by atomic mass is 31.2. The van der Waals surface area contributed by atoms with Crippen molar-refractivity contribution in [1.29, 1.82) is 0 Å². The maximum atomic E-state index is 12.7. The Morgan fingerprint density at radius 3 is 0.743 bits per heavy atom. The van der Waals surface area contributed by atoms with E-state index in [1.54, 1.807) is 33.6 Å². The van der Waals surface area contributed by atoms with Gasteiger partial charge in [0.05, 0.1) is 63.5 Å². The fraction of sp³-hybridized carbons (Fsp3) is 0.641. The first-order valence-electron chi connectivity index (χ1n) is 52.7. The van der Waals surface area contributed by atoms with E-state index < -0.39 is 68.3 Å². The minimum absolute atomic E-state index is 0.0409. The Labute approximate surface area is 873 Å². The van der Waals surface area contributed by atoms with Crippen molar-refractivity contribution in [3.63, 3.8) is 0 Å². The van der Waals surface area contributed by atoms with Crippen LogP contribution in [0.5, 0.6) is 0 Å². The van der Waals surface area contributed by atoms with E-state index in [0.29, 0.717) is 105 Å². The third kappa shape index (κ3) is 67.8. The Bertz CT molecular complexity index is 4670. The summed E-state index contributed by atoms with van der Waals surface area (Å²) in [5, 5.41) is 0. The van der Waals surface area contributed by atoms with Gasteiger partial charge in [0.15, 0.2) is 44.2 Å². The molecule has 0 aromatic heterocycles. The van der Waals surface area contributed by atoms with Gasteiger partial charge in [0, 0.05) is 117 Å². The van der Waals surface area contributed by atoms with Crippen molar-refractivity contribution in [1.82, 2.24) is 0 Å². The number of carbonyl (C=O) groups excluding carboxylic acids is 6. The molecule has 6 aromatic rings. The van der Waals surface area contributed by atoms with E-state index in [-0.39, 0.29) is 67.1 Å². The van der Waals surface area contributed by atoms with Gasteiger partial charge in [-0.15, -0.1) is 0 Å². The first-order chi connectivity index (χ1) is 66.9. The zero-order valence-electron chi connectivity index (χ0n) is 94.9. The van der Waals surface area contributed by atoms with Crippen molar-refractivity contribution in [2.45, 2.75) is 322 Å². The Kier molecular flexibility index (Phi) is 66.8. The molecule has 9 atom stereocenters. The van der Waals surface area contributed by atoms with E-state index in [2.05, 4.69) is 189 Å². The van der Waals surface area contributed by atoms with Gasteiger partial charge in [-0.1, -0.05) is 302 Å². The quantitative estimate of drug-likeness (QED) is 0.0148. The summed E-state index contributed by atoms with van der Waals surface area (Å²) in [5.74, 6) is 3.15. The van der Waals surface area contributed by atoms with E-state index in [0.717, 1.165) is 117 Å². The van der Waals surface area contributed by atoms with Crippen molar-refractivity contribution in [2.75, 3.05) is 126 Å². The molecule has 0 heterocycles. The van der Waals surface area contributed by atoms with Gasteiger partial charge in [0.2, 0.25) is 0 Å². The SMILES string of the molecule is CC(C)Cc1ccc(C(C)C(=O)CCC(COP(C)(C)=O)OP(C)(C)=O)cc1.CC(C)Cc1ccc(C(C)C(=O)CCCCCOP(C)(C)=O)cc1.CC(C)Cc1ccc(C(C)C(=O)OCC(COP(C)(C)=O)OP(C)(C)=O)cc1.CC(C)Cc1ccc(C(C)C(=O)OCCCCOP(C)(C)=O)cc1.CCC(C)COC(=O)C(C)c1ccc(CC(C)C)cc1.CCCCCCC(=O)C(C)c1ccc(CC(C)C)cc1. The summed E-state index contributed by atoms with van der Waals surface area (Å²) in [4.78, 5) is 73.7. The standard InChI is InChI=1S/C21H36O5P2.C20H34O6P2.C20H33O3P.C19H31O4P.C19H30O.C18H28O2/c1-16(2)14-18-8-10-19(11-9-18)17(3)21(22)13-12-20(26-28(6,7)24)15-25-27(4,5)23;1-15(2)12-17-8-10-18(11-9-17)16(3)20(21)24-13-19(26-28(6,7)23)14-25-27(4,5)22;1-16(2)15-18-10-12-19(13-11-18)17(3)20(21)9-7-6-8-14-23-24(4,5)22;1-15(2)14-17-8-10-18(11-9-17)16(3)19(20)22-12-6-7-13-23-24(4,5)21;1-5-6-7-8-9-19(20)16(4)18-12-10-17(11-13-18)14-15(2)3;1-6-14(4)12-20-18(19)15(5)17-9-7-16(8-10-17)11-13(2)3/h8-11,16-17,20H,12-15H2,1-7H3;8-11,15-16,19H,12-14H2,1-7H3;10-13,16-17H,6-9,14-15H2,1-5H3;8-11,15-16H,6-7,12-14H2,1-5H3;10-13,15-16H,5-9,14H2,1-4H3;7-10,13-15H,6,11-12H2,1-5H3. The number of ether oxygens (including phenoxy) is 3. The van der Waals surface area contributed by atoms with Crippen molar-refractivity contribution >= 4 is 79.5 Å². The molecule has 0 aliphatic heterocycles. The van der Waals surface area contributed by atoms with Crippen LogP contribution in [0.4, 0.5) is 0 Å². The summed E-state index contributed by atoms with van der Waals surface area (Å²) >= 11 is 0. The number of benzene rings is 6. The molecule has 21 nitrogen and oxygen atoms in total. The smallest absolute Gasteiger partial charge is 0.313 e. The molecule has 0 saturated carbocycles. The molecule has 0 aliphatic rings. The Morgan fingerprint density at radius 2 is 0.479 bits per heavy atom. The molecule has 0 N–H and O–H groups in total. The third-order valence-electron chi connectivity index (χ3n) is 23.5. The lowest BCUT2D eigenvalue weighted by Crippen LogP contribution is -2.27. The number of hydrogen-bond donors (Lipinski definition) is 0. The predicted octanol–water partition coefficient (Wildman–Crippen LogP) is 31.5. The fourth-order valence-electron chi connectivity index (χ4n) is 15.1. The van der Waals surface area contributed by atoms with Crippen LogP contribution in [-0.2, 0) is 136 Å². The molecule has 9 unspecified atom stereocenters. The molecule has 6 rings (SSSR count). The molecule has 0 bridgehead atoms. The lowest BCUT2D eigenvalue weighted by Gasteiger charge is -2.22. The second kappa shape index (κ2) is 70.8. The average molecular weight is 2120 g/mol. The average Bonchev–Trinajstić information content (AvgIpc) is 0.883. The van der Waals surface area contributed by atoms with Crippen LogP contribution in [0.3, 0.4) is 0 Å². The lowest BCUT2D eigenvalue weighted by molar-refractivity contribution is -0.148. The number of rotatable bonds is 60. The van der Waals surface area contributed by atoms with Gasteiger partial charge >= 0.3 is 17.9 Å². The summed E-state index contributed by atoms with van der Waals surface area (Å²) in [7, 11) is -15.7. The van der Waals surface area contributed by atoms with Crippen LogP contribution >= 0.6 is 44.2 Å². The summed E-state index contributed by atoms with van der Waals surface area (Å²) in [6, 6.07) is 49.8. The van der Waals surface area contributed by atoms with Crippen LogP contribution in [0.1, 0.15) is 338 Å². The monoisotopic (exact) mass is 2120 g/mol. The molecule has 0 fully saturated rings. The number of carbonyl (C=O) groups is 6. The molecule has 27 heteroatoms. The number of esters is 3. The van der Waals surface area contributed by atoms with Crippen LogP contribution in [-0.4, -0.2) is 174 Å². The Morgan fingerprint density at radius 1 is 0.243 bits per heavy atom. The molecule has 816 valence electrons. The van der Waals surface area contributed by atoms with Gasteiger partial charge < -0.3 is 41.4 Å². The lowest BCUT2D eigenvalue weighted by atomic mass is 9.92. The van der Waals surface area contributed by atoms with E-state index in [9.17, 15) is 56.2 Å². The maximum Gasteiger partial charge on any atom is 0.313 e. The van der Waals surface area contributed by atoms with Gasteiger partial charge in [-0.3, -0.25) is 56.2 Å². The zero-order chi connectivity index (χ0) is 109. The largest absolute Gasteiger partial charge is 0.465 e. The van der Waals surface area contributed by atoms with E-state index in [1.165, 1.54) is 106 Å². The molecule has 0 saturated heterocycles. The van der Waals surface area contributed by atoms with Gasteiger partial charge in [-0.2, -0.15) is 0 Å². The van der Waals surface area contributed by atoms with Gasteiger partial charge in [-0.05, 0) is 206 Å². The second-order valence-corrected chi connectivity index (χ2v) is 60.3. The van der Waals surface area contributed by atoms with Gasteiger partial charge in [-0.25, -0.2) is 0 Å². The highest BCUT2D eigenvalue weighted by Crippen LogP contribution is 2.45. The van der Waals surface area contributed by atoms with Gasteiger partial charge in [0.1, 0.15) is 30.1 Å². The minimum atomic E-state index is -2.82. The van der Waals surface area contributed by atoms with Crippen molar-refractivity contribution < 1.29 is 97.5 Å². The highest BCUT2D eigenvalue weighted by Gasteiger charge is 2.29. The highest BCUT2D eigenvalue weighted by molar-refractivity contribution is 7.58. The summed E-state index contributed by atoms with van der Waals surface area (Å²) in [6.07, 6.45) is 16.9. The van der Waals surface area contributed by atoms with Crippen molar-refractivity contribution in [3.05, 3.63) is 212 Å². The normalized spacial score (nSPS) is 13.9. The molecular weight excluding hydrogens is 1930 g/mol. The van der Waals surface area contributed by atoms with Crippen LogP contribution in [0.15, 0.2) is 146 Å². The first-order valence-corrected chi connectivity index (χ1v) is 67.9. The number of hydrogen-bond acceptors (Lipinski definition) is 21. The van der Waals surface area contributed by atoms with Crippen LogP contribution in [0.2, 0.25) is 0 Å². The number of unbranched alkanes of at least 4 members (excludes halogenated alkanes) is 6. The van der Waals surface area contributed by atoms with Crippen LogP contribution in [0.25, 0.3) is 0 Å². The Balaban J connectivity index is 0.000000868. The molecule has 144 heavy (non-hydrogen) atoms. The van der Waals surface area contributed by atoms with Crippen molar-refractivity contribution in [3.8, 4) is 0 Å². The van der Waals surface area contributed by atoms with E-state index in [1.807, 2.05) is 95.3 Å². The van der Waals surface area contributed by atoms with E-state index >= 15 is 0 Å². The summed E-state index contributed by atoms with van der Waals surface area (Å²) < 4.78 is 119. The summed E-state index contributed by atoms with van der Waals surface area (Å²) in [6.45, 7) is 64.5. The number of ketones is 3. The topological polar surface area (TPSA) is 288 Å². The predicted molar refractivity (Wildman–Crippen MR) is 604 cm³/mol. The fourth-order valence-corrected chi connectivity index (χ4v) is 19.0. The van der Waals surface area contributed by atoms with Crippen LogP contribution in [0, 0.1) is 41.4 Å². The molecule has 0 spiro atoms. The Hall–Kier alpha value is -6.12. The second-order valence-electron chi connectivity index (χ2n) is 43.8. The first kappa shape index (κ1) is 136. The molecule has 0 radical (unpaired) electrons. The molecule has 0 amide bonds. The number of Topliss-reactive ketones (excluding diaryl/α,β-unsaturated/α-hetero) is 3. The zero-order valence-corrected chi connectivity index (χ0v) is 100. The molecular formula is C117H192O21P6.